The van der Waals surface area contributed by atoms with E-state index in [1.165, 1.54) is 4.90 Å². The minimum Gasteiger partial charge on any atom is -0.371 e. The lowest BCUT2D eigenvalue weighted by molar-refractivity contribution is -0.308. The van der Waals surface area contributed by atoms with Gasteiger partial charge in [-0.3, -0.25) is 0 Å². The highest BCUT2D eigenvalue weighted by Crippen LogP contribution is 2.39. The third kappa shape index (κ3) is 5.20. The lowest BCUT2D eigenvalue weighted by Crippen LogP contribution is -2.55. The Hall–Kier alpha value is -2.15. The molecule has 4 nitrogen and oxygen atoms in total. The van der Waals surface area contributed by atoms with Gasteiger partial charge in [0.1, 0.15) is 17.6 Å². The van der Waals surface area contributed by atoms with E-state index >= 15 is 0 Å². The lowest BCUT2D eigenvalue weighted by Gasteiger charge is -2.45. The fraction of sp³-hybridized carbons (Fsp3) is 0.308. The van der Waals surface area contributed by atoms with Crippen LogP contribution in [0.25, 0.3) is 0 Å². The maximum absolute atomic E-state index is 6.42. The molecule has 0 spiro atoms. The Morgan fingerprint density at radius 2 is 1.48 bits per heavy atom. The summed E-state index contributed by atoms with van der Waals surface area (Å²) in [5, 5.41) is 0. The average Bonchev–Trinajstić information content (AvgIpc) is 2.84. The molecule has 0 aliphatic carbocycles. The van der Waals surface area contributed by atoms with Crippen LogP contribution in [0.4, 0.5) is 0 Å². The molecule has 5 rings (SSSR count). The molecule has 0 N–H and O–H groups in total. The van der Waals surface area contributed by atoms with Crippen molar-refractivity contribution in [3.8, 4) is 0 Å². The quantitative estimate of drug-likeness (QED) is 0.505. The Balaban J connectivity index is 1.32. The van der Waals surface area contributed by atoms with E-state index in [2.05, 4.69) is 36.4 Å². The maximum Gasteiger partial charge on any atom is 0.184 e. The molecule has 0 amide bonds. The van der Waals surface area contributed by atoms with Crippen molar-refractivity contribution < 1.29 is 18.9 Å². The smallest absolute Gasteiger partial charge is 0.184 e. The SMILES string of the molecule is c1ccc(CO[C@@H]2C[C@H](Sc3ccccc3)O[C@@H]3COC(c4ccccc4)O[C@@H]23)cc1. The number of benzene rings is 3. The van der Waals surface area contributed by atoms with Crippen molar-refractivity contribution in [1.82, 2.24) is 0 Å². The molecular weight excluding hydrogens is 408 g/mol. The van der Waals surface area contributed by atoms with Crippen molar-refractivity contribution in [2.24, 2.45) is 0 Å². The van der Waals surface area contributed by atoms with Crippen LogP contribution < -0.4 is 0 Å². The minimum atomic E-state index is -0.396. The van der Waals surface area contributed by atoms with Gasteiger partial charge in [0, 0.05) is 16.9 Å². The van der Waals surface area contributed by atoms with Crippen molar-refractivity contribution >= 4 is 11.8 Å². The van der Waals surface area contributed by atoms with Gasteiger partial charge in [0.2, 0.25) is 0 Å². The van der Waals surface area contributed by atoms with Gasteiger partial charge in [-0.2, -0.15) is 0 Å². The van der Waals surface area contributed by atoms with Crippen LogP contribution >= 0.6 is 11.8 Å². The van der Waals surface area contributed by atoms with Crippen molar-refractivity contribution in [3.05, 3.63) is 102 Å². The van der Waals surface area contributed by atoms with Crippen LogP contribution in [0.15, 0.2) is 95.9 Å². The lowest BCUT2D eigenvalue weighted by atomic mass is 10.0. The molecule has 3 aromatic rings. The first-order valence-corrected chi connectivity index (χ1v) is 11.6. The number of fused-ring (bicyclic) bond motifs is 1. The summed E-state index contributed by atoms with van der Waals surface area (Å²) in [7, 11) is 0. The van der Waals surface area contributed by atoms with Gasteiger partial charge in [-0.05, 0) is 17.7 Å². The zero-order valence-electron chi connectivity index (χ0n) is 17.2. The van der Waals surface area contributed by atoms with Crippen molar-refractivity contribution in [2.45, 2.75) is 48.0 Å². The number of thioether (sulfide) groups is 1. The molecule has 160 valence electrons. The Kier molecular flexibility index (Phi) is 6.68. The highest BCUT2D eigenvalue weighted by atomic mass is 32.2. The Morgan fingerprint density at radius 3 is 2.23 bits per heavy atom. The third-order valence-electron chi connectivity index (χ3n) is 5.57. The number of hydrogen-bond donors (Lipinski definition) is 0. The molecule has 2 aliphatic rings. The number of rotatable bonds is 6. The first-order chi connectivity index (χ1) is 15.3. The number of ether oxygens (including phenoxy) is 4. The van der Waals surface area contributed by atoms with Gasteiger partial charge in [-0.25, -0.2) is 0 Å². The molecule has 0 saturated carbocycles. The van der Waals surface area contributed by atoms with Crippen LogP contribution in [0.1, 0.15) is 23.8 Å². The predicted octanol–water partition coefficient (Wildman–Crippen LogP) is 5.59. The summed E-state index contributed by atoms with van der Waals surface area (Å²) in [6.07, 6.45) is -0.0387. The molecular formula is C26H26O4S. The van der Waals surface area contributed by atoms with E-state index in [-0.39, 0.29) is 23.7 Å². The Morgan fingerprint density at radius 1 is 0.806 bits per heavy atom. The van der Waals surface area contributed by atoms with Gasteiger partial charge >= 0.3 is 0 Å². The Bertz CT molecular complexity index is 937. The molecule has 2 fully saturated rings. The molecule has 1 unspecified atom stereocenters. The van der Waals surface area contributed by atoms with Crippen molar-refractivity contribution in [2.75, 3.05) is 6.61 Å². The highest BCUT2D eigenvalue weighted by Gasteiger charge is 2.45. The molecule has 31 heavy (non-hydrogen) atoms. The van der Waals surface area contributed by atoms with Gasteiger partial charge in [-0.15, -0.1) is 0 Å². The summed E-state index contributed by atoms with van der Waals surface area (Å²) in [5.41, 5.74) is 2.16. The zero-order valence-corrected chi connectivity index (χ0v) is 18.0. The predicted molar refractivity (Wildman–Crippen MR) is 121 cm³/mol. The van der Waals surface area contributed by atoms with Crippen LogP contribution in [0.2, 0.25) is 0 Å². The van der Waals surface area contributed by atoms with E-state index in [0.29, 0.717) is 13.2 Å². The van der Waals surface area contributed by atoms with Crippen LogP contribution in [0.5, 0.6) is 0 Å². The first kappa shape index (κ1) is 20.7. The topological polar surface area (TPSA) is 36.9 Å². The fourth-order valence-electron chi connectivity index (χ4n) is 4.02. The van der Waals surface area contributed by atoms with E-state index in [1.54, 1.807) is 11.8 Å². The first-order valence-electron chi connectivity index (χ1n) is 10.7. The van der Waals surface area contributed by atoms with Crippen LogP contribution in [-0.4, -0.2) is 30.4 Å². The van der Waals surface area contributed by atoms with Crippen molar-refractivity contribution in [1.29, 1.82) is 0 Å². The summed E-state index contributed by atoms with van der Waals surface area (Å²) in [6.45, 7) is 1.04. The molecule has 2 aliphatic heterocycles. The normalized spacial score (nSPS) is 28.1. The van der Waals surface area contributed by atoms with E-state index in [9.17, 15) is 0 Å². The van der Waals surface area contributed by atoms with Crippen LogP contribution in [0.3, 0.4) is 0 Å². The summed E-state index contributed by atoms with van der Waals surface area (Å²) >= 11 is 1.73. The van der Waals surface area contributed by atoms with E-state index in [0.717, 1.165) is 17.5 Å². The van der Waals surface area contributed by atoms with Crippen molar-refractivity contribution in [3.63, 3.8) is 0 Å². The fourth-order valence-corrected chi connectivity index (χ4v) is 5.12. The highest BCUT2D eigenvalue weighted by molar-refractivity contribution is 7.99. The summed E-state index contributed by atoms with van der Waals surface area (Å²) in [4.78, 5) is 1.19. The van der Waals surface area contributed by atoms with E-state index in [1.807, 2.05) is 54.6 Å². The van der Waals surface area contributed by atoms with E-state index in [4.69, 9.17) is 18.9 Å². The van der Waals surface area contributed by atoms with E-state index < -0.39 is 6.29 Å². The number of hydrogen-bond acceptors (Lipinski definition) is 5. The second kappa shape index (κ2) is 9.98. The van der Waals surface area contributed by atoms with Crippen LogP contribution in [-0.2, 0) is 25.6 Å². The van der Waals surface area contributed by atoms with Gasteiger partial charge in [0.15, 0.2) is 6.29 Å². The molecule has 5 heteroatoms. The van der Waals surface area contributed by atoms with Crippen LogP contribution in [0, 0.1) is 0 Å². The Labute approximate surface area is 187 Å². The summed E-state index contributed by atoms with van der Waals surface area (Å²) in [6, 6.07) is 30.7. The molecule has 2 heterocycles. The molecule has 3 aromatic carbocycles. The second-order valence-electron chi connectivity index (χ2n) is 7.78. The zero-order chi connectivity index (χ0) is 20.9. The van der Waals surface area contributed by atoms with Gasteiger partial charge in [-0.1, -0.05) is 90.6 Å². The molecule has 0 radical (unpaired) electrons. The standard InChI is InChI=1S/C26H26O4S/c1-4-10-19(11-5-1)17-27-22-16-24(31-21-14-8-3-9-15-21)29-23-18-28-26(30-25(22)23)20-12-6-2-7-13-20/h1-15,22-26H,16-18H2/t22-,23-,24+,25+,26?/m1/s1. The summed E-state index contributed by atoms with van der Waals surface area (Å²) < 4.78 is 25.2. The van der Waals surface area contributed by atoms with Gasteiger partial charge < -0.3 is 18.9 Å². The van der Waals surface area contributed by atoms with Gasteiger partial charge in [0.05, 0.1) is 19.3 Å². The second-order valence-corrected chi connectivity index (χ2v) is 9.02. The average molecular weight is 435 g/mol. The third-order valence-corrected chi connectivity index (χ3v) is 6.68. The minimum absolute atomic E-state index is 0.00935. The molecule has 0 bridgehead atoms. The molecule has 5 atom stereocenters. The molecule has 0 aromatic heterocycles. The monoisotopic (exact) mass is 434 g/mol. The molecule has 2 saturated heterocycles. The largest absolute Gasteiger partial charge is 0.371 e. The maximum atomic E-state index is 6.42. The summed E-state index contributed by atoms with van der Waals surface area (Å²) in [5.74, 6) is 0. The van der Waals surface area contributed by atoms with Gasteiger partial charge in [0.25, 0.3) is 0 Å².